The van der Waals surface area contributed by atoms with Crippen LogP contribution in [0.25, 0.3) is 0 Å². The van der Waals surface area contributed by atoms with Gasteiger partial charge < -0.3 is 0 Å². The molecule has 0 aliphatic heterocycles. The minimum atomic E-state index is -0.130. The first-order valence-electron chi connectivity index (χ1n) is 2.96. The van der Waals surface area contributed by atoms with Crippen LogP contribution in [-0.4, -0.2) is 0 Å². The van der Waals surface area contributed by atoms with Crippen LogP contribution in [0.15, 0.2) is 29.1 Å². The fourth-order valence-electron chi connectivity index (χ4n) is 0.686. The molecule has 0 heterocycles. The number of hydrogen-bond donors (Lipinski definition) is 0. The Morgan fingerprint density at radius 2 is 2.10 bits per heavy atom. The molecule has 1 aromatic rings. The Hall–Kier alpha value is -0.820. The Bertz CT molecular complexity index is 293. The molecule has 2 heteroatoms. The molecule has 1 nitrogen and oxygen atoms in total. The molecule has 1 rings (SSSR count). The maximum Gasteiger partial charge on any atom is 0.197 e. The fraction of sp³-hybridized carbons (Fsp3) is 0.125. The summed E-state index contributed by atoms with van der Waals surface area (Å²) in [5, 5.41) is 0.280. The van der Waals surface area contributed by atoms with Gasteiger partial charge in [-0.05, 0) is 24.6 Å². The Kier molecular flexibility index (Phi) is 2.07. The Morgan fingerprint density at radius 3 is 2.80 bits per heavy atom. The van der Waals surface area contributed by atoms with Crippen molar-refractivity contribution in [3.8, 4) is 0 Å². The van der Waals surface area contributed by atoms with Crippen LogP contribution in [0, 0.1) is 6.92 Å². The van der Waals surface area contributed by atoms with Gasteiger partial charge in [-0.15, -0.1) is 0 Å². The quantitative estimate of drug-likeness (QED) is 0.559. The summed E-state index contributed by atoms with van der Waals surface area (Å²) < 4.78 is 0. The van der Waals surface area contributed by atoms with Crippen molar-refractivity contribution in [3.63, 3.8) is 0 Å². The topological polar surface area (TPSA) is 17.1 Å². The summed E-state index contributed by atoms with van der Waals surface area (Å²) in [6.45, 7) is 1.89. The molecule has 0 spiro atoms. The first-order valence-corrected chi connectivity index (χ1v) is 3.34. The molecule has 0 saturated heterocycles. The third-order valence-electron chi connectivity index (χ3n) is 1.20. The Morgan fingerprint density at radius 1 is 1.40 bits per heavy atom. The van der Waals surface area contributed by atoms with Crippen molar-refractivity contribution < 1.29 is 0 Å². The van der Waals surface area contributed by atoms with Crippen LogP contribution < -0.4 is 5.43 Å². The monoisotopic (exact) mass is 154 g/mol. The van der Waals surface area contributed by atoms with Gasteiger partial charge in [0, 0.05) is 0 Å². The van der Waals surface area contributed by atoms with Gasteiger partial charge in [-0.25, -0.2) is 0 Å². The minimum absolute atomic E-state index is 0.130. The summed E-state index contributed by atoms with van der Waals surface area (Å²) in [5.41, 5.74) is 0.863. The van der Waals surface area contributed by atoms with Crippen LogP contribution in [0.4, 0.5) is 0 Å². The van der Waals surface area contributed by atoms with E-state index in [1.54, 1.807) is 12.1 Å². The standard InChI is InChI=1S/C8H7ClO/c1-6-3-2-4-8(10)7(9)5-6/h2-5H,1H3. The summed E-state index contributed by atoms with van der Waals surface area (Å²) in [4.78, 5) is 10.8. The van der Waals surface area contributed by atoms with Gasteiger partial charge in [0.1, 0.15) is 0 Å². The zero-order valence-electron chi connectivity index (χ0n) is 5.60. The van der Waals surface area contributed by atoms with Crippen molar-refractivity contribution in [2.75, 3.05) is 0 Å². The molecule has 0 unspecified atom stereocenters. The minimum Gasteiger partial charge on any atom is -0.288 e. The first kappa shape index (κ1) is 7.29. The molecular weight excluding hydrogens is 148 g/mol. The molecule has 0 aromatic heterocycles. The van der Waals surface area contributed by atoms with Gasteiger partial charge in [-0.1, -0.05) is 23.7 Å². The summed E-state index contributed by atoms with van der Waals surface area (Å²) in [6, 6.07) is 6.65. The van der Waals surface area contributed by atoms with Gasteiger partial charge >= 0.3 is 0 Å². The van der Waals surface area contributed by atoms with Gasteiger partial charge in [0.15, 0.2) is 5.43 Å². The van der Waals surface area contributed by atoms with E-state index in [1.807, 2.05) is 13.0 Å². The fourth-order valence-corrected chi connectivity index (χ4v) is 0.921. The molecule has 0 aliphatic carbocycles. The molecule has 0 radical (unpaired) electrons. The maximum atomic E-state index is 10.8. The largest absolute Gasteiger partial charge is 0.288 e. The molecule has 52 valence electrons. The van der Waals surface area contributed by atoms with E-state index in [2.05, 4.69) is 0 Å². The molecular formula is C8H7ClO. The lowest BCUT2D eigenvalue weighted by atomic mass is 10.3. The van der Waals surface area contributed by atoms with E-state index in [9.17, 15) is 4.79 Å². The van der Waals surface area contributed by atoms with Crippen molar-refractivity contribution >= 4 is 11.6 Å². The maximum absolute atomic E-state index is 10.8. The molecule has 0 aliphatic rings. The van der Waals surface area contributed by atoms with Crippen LogP contribution in [0.3, 0.4) is 0 Å². The molecule has 10 heavy (non-hydrogen) atoms. The first-order chi connectivity index (χ1) is 4.70. The van der Waals surface area contributed by atoms with Crippen molar-refractivity contribution in [3.05, 3.63) is 45.1 Å². The third kappa shape index (κ3) is 1.58. The van der Waals surface area contributed by atoms with Gasteiger partial charge in [0.25, 0.3) is 0 Å². The number of rotatable bonds is 0. The third-order valence-corrected chi connectivity index (χ3v) is 1.49. The van der Waals surface area contributed by atoms with E-state index in [4.69, 9.17) is 11.6 Å². The predicted octanol–water partition coefficient (Wildman–Crippen LogP) is 2.01. The molecule has 0 N–H and O–H groups in total. The highest BCUT2D eigenvalue weighted by molar-refractivity contribution is 6.30. The lowest BCUT2D eigenvalue weighted by molar-refractivity contribution is 1.51. The van der Waals surface area contributed by atoms with Crippen LogP contribution in [0.5, 0.6) is 0 Å². The van der Waals surface area contributed by atoms with E-state index in [1.165, 1.54) is 6.07 Å². The second kappa shape index (κ2) is 2.84. The van der Waals surface area contributed by atoms with Gasteiger partial charge in [0.2, 0.25) is 0 Å². The van der Waals surface area contributed by atoms with E-state index in [-0.39, 0.29) is 10.5 Å². The molecule has 1 aromatic carbocycles. The summed E-state index contributed by atoms with van der Waals surface area (Å²) in [5.74, 6) is 0. The van der Waals surface area contributed by atoms with Crippen LogP contribution in [-0.2, 0) is 0 Å². The highest BCUT2D eigenvalue weighted by Crippen LogP contribution is 2.01. The average Bonchev–Trinajstić information content (AvgIpc) is 1.96. The summed E-state index contributed by atoms with van der Waals surface area (Å²) in [6.07, 6.45) is 0. The van der Waals surface area contributed by atoms with Crippen molar-refractivity contribution in [1.82, 2.24) is 0 Å². The van der Waals surface area contributed by atoms with Gasteiger partial charge in [-0.3, -0.25) is 4.79 Å². The van der Waals surface area contributed by atoms with Gasteiger partial charge in [-0.2, -0.15) is 0 Å². The average molecular weight is 155 g/mol. The van der Waals surface area contributed by atoms with Crippen molar-refractivity contribution in [2.45, 2.75) is 6.92 Å². The van der Waals surface area contributed by atoms with Crippen molar-refractivity contribution in [2.24, 2.45) is 0 Å². The highest BCUT2D eigenvalue weighted by atomic mass is 35.5. The van der Waals surface area contributed by atoms with Crippen LogP contribution >= 0.6 is 11.6 Å². The van der Waals surface area contributed by atoms with Gasteiger partial charge in [0.05, 0.1) is 5.02 Å². The van der Waals surface area contributed by atoms with Crippen molar-refractivity contribution in [1.29, 1.82) is 0 Å². The zero-order chi connectivity index (χ0) is 7.56. The molecule has 0 saturated carbocycles. The van der Waals surface area contributed by atoms with Crippen LogP contribution in [0.2, 0.25) is 5.02 Å². The zero-order valence-corrected chi connectivity index (χ0v) is 6.35. The summed E-state index contributed by atoms with van der Waals surface area (Å²) in [7, 11) is 0. The van der Waals surface area contributed by atoms with E-state index < -0.39 is 0 Å². The molecule has 0 amide bonds. The number of halogens is 1. The Balaban J connectivity index is 3.46. The normalized spacial score (nSPS) is 9.40. The Labute approximate surface area is 64.3 Å². The van der Waals surface area contributed by atoms with E-state index in [0.29, 0.717) is 0 Å². The number of aryl methyl sites for hydroxylation is 1. The lowest BCUT2D eigenvalue weighted by Crippen LogP contribution is -1.92. The second-order valence-corrected chi connectivity index (χ2v) is 2.53. The summed E-state index contributed by atoms with van der Waals surface area (Å²) >= 11 is 5.59. The molecule has 0 fully saturated rings. The lowest BCUT2D eigenvalue weighted by Gasteiger charge is -1.79. The van der Waals surface area contributed by atoms with Crippen LogP contribution in [0.1, 0.15) is 5.56 Å². The molecule has 0 atom stereocenters. The SMILES string of the molecule is Cc1cccc(=O)c(Cl)c1. The number of hydrogen-bond acceptors (Lipinski definition) is 1. The smallest absolute Gasteiger partial charge is 0.197 e. The van der Waals surface area contributed by atoms with E-state index >= 15 is 0 Å². The second-order valence-electron chi connectivity index (χ2n) is 2.13. The predicted molar refractivity (Wildman–Crippen MR) is 42.5 cm³/mol. The van der Waals surface area contributed by atoms with E-state index in [0.717, 1.165) is 5.56 Å². The highest BCUT2D eigenvalue weighted by Gasteiger charge is 1.89. The molecule has 0 bridgehead atoms.